The normalized spacial score (nSPS) is 11.0. The molecule has 0 radical (unpaired) electrons. The zero-order valence-electron chi connectivity index (χ0n) is 14.3. The monoisotopic (exact) mass is 381 g/mol. The Kier molecular flexibility index (Phi) is 4.66. The molecule has 0 bridgehead atoms. The van der Waals surface area contributed by atoms with E-state index in [0.717, 1.165) is 8.99 Å². The Morgan fingerprint density at radius 1 is 1.15 bits per heavy atom. The second-order valence-electron chi connectivity index (χ2n) is 5.60. The molecule has 3 aromatic rings. The summed E-state index contributed by atoms with van der Waals surface area (Å²) in [6, 6.07) is 15.9. The Labute approximate surface area is 156 Å². The summed E-state index contributed by atoms with van der Waals surface area (Å²) in [6.45, 7) is 0. The largest absolute Gasteiger partial charge is 0.382 e. The second kappa shape index (κ2) is 6.93. The highest BCUT2D eigenvalue weighted by atomic mass is 32.2. The Hall–Kier alpha value is -3.64. The van der Waals surface area contributed by atoms with Crippen LogP contribution in [0.2, 0.25) is 0 Å². The molecule has 0 amide bonds. The van der Waals surface area contributed by atoms with Crippen LogP contribution in [0.25, 0.3) is 0 Å². The summed E-state index contributed by atoms with van der Waals surface area (Å²) < 4.78 is 27.6. The van der Waals surface area contributed by atoms with Crippen LogP contribution in [0.3, 0.4) is 0 Å². The molecular formula is C18H15N5O3S. The first-order chi connectivity index (χ1) is 12.9. The van der Waals surface area contributed by atoms with Gasteiger partial charge in [0.2, 0.25) is 0 Å². The van der Waals surface area contributed by atoms with Gasteiger partial charge in [0.05, 0.1) is 16.8 Å². The van der Waals surface area contributed by atoms with Crippen molar-refractivity contribution in [3.8, 4) is 6.07 Å². The zero-order chi connectivity index (χ0) is 19.6. The quantitative estimate of drug-likeness (QED) is 0.736. The molecule has 0 saturated heterocycles. The summed E-state index contributed by atoms with van der Waals surface area (Å²) in [7, 11) is -2.32. The number of nitrogen functional groups attached to an aromatic ring is 1. The standard InChI is InChI=1S/C18H15N5O3S/c1-22(15-5-3-2-4-6-15)27(25,26)16-9-7-13(8-10-16)18(24)23-17(20)14(11-19)12-21-23/h2-10,12H,20H2,1H3. The Balaban J connectivity index is 1.90. The lowest BCUT2D eigenvalue weighted by molar-refractivity contribution is 0.0948. The predicted octanol–water partition coefficient (Wildman–Crippen LogP) is 1.85. The van der Waals surface area contributed by atoms with E-state index in [1.165, 1.54) is 37.5 Å². The third kappa shape index (κ3) is 3.26. The van der Waals surface area contributed by atoms with Crippen molar-refractivity contribution in [3.05, 3.63) is 71.9 Å². The highest BCUT2D eigenvalue weighted by Crippen LogP contribution is 2.22. The van der Waals surface area contributed by atoms with Crippen LogP contribution in [0.5, 0.6) is 0 Å². The minimum Gasteiger partial charge on any atom is -0.382 e. The zero-order valence-corrected chi connectivity index (χ0v) is 15.1. The molecule has 1 aromatic heterocycles. The van der Waals surface area contributed by atoms with E-state index >= 15 is 0 Å². The first kappa shape index (κ1) is 18.2. The van der Waals surface area contributed by atoms with Gasteiger partial charge in [-0.2, -0.15) is 15.0 Å². The van der Waals surface area contributed by atoms with Gasteiger partial charge < -0.3 is 5.73 Å². The van der Waals surface area contributed by atoms with E-state index < -0.39 is 15.9 Å². The van der Waals surface area contributed by atoms with E-state index in [2.05, 4.69) is 5.10 Å². The van der Waals surface area contributed by atoms with Crippen LogP contribution < -0.4 is 10.0 Å². The first-order valence-corrected chi connectivity index (χ1v) is 9.22. The maximum Gasteiger partial charge on any atom is 0.280 e. The van der Waals surface area contributed by atoms with Crippen molar-refractivity contribution in [2.24, 2.45) is 0 Å². The SMILES string of the molecule is CN(c1ccccc1)S(=O)(=O)c1ccc(C(=O)n2ncc(C#N)c2N)cc1. The van der Waals surface area contributed by atoms with Crippen molar-refractivity contribution in [1.82, 2.24) is 9.78 Å². The Morgan fingerprint density at radius 2 is 1.78 bits per heavy atom. The molecule has 0 spiro atoms. The van der Waals surface area contributed by atoms with Crippen molar-refractivity contribution in [3.63, 3.8) is 0 Å². The Bertz CT molecular complexity index is 1130. The number of nitriles is 1. The highest BCUT2D eigenvalue weighted by molar-refractivity contribution is 7.92. The smallest absolute Gasteiger partial charge is 0.280 e. The molecule has 9 heteroatoms. The van der Waals surface area contributed by atoms with Gasteiger partial charge in [0.1, 0.15) is 17.5 Å². The summed E-state index contributed by atoms with van der Waals surface area (Å²) in [6.07, 6.45) is 1.20. The number of carbonyl (C=O) groups is 1. The molecule has 0 aliphatic carbocycles. The van der Waals surface area contributed by atoms with Gasteiger partial charge in [-0.1, -0.05) is 18.2 Å². The number of benzene rings is 2. The molecule has 136 valence electrons. The minimum absolute atomic E-state index is 0.0385. The molecule has 0 fully saturated rings. The van der Waals surface area contributed by atoms with Gasteiger partial charge >= 0.3 is 0 Å². The van der Waals surface area contributed by atoms with Crippen molar-refractivity contribution in [1.29, 1.82) is 5.26 Å². The van der Waals surface area contributed by atoms with E-state index in [9.17, 15) is 13.2 Å². The van der Waals surface area contributed by atoms with Gasteiger partial charge in [0, 0.05) is 12.6 Å². The number of sulfonamides is 1. The molecule has 1 heterocycles. The fourth-order valence-electron chi connectivity index (χ4n) is 2.43. The summed E-state index contributed by atoms with van der Waals surface area (Å²) in [5.41, 5.74) is 6.51. The van der Waals surface area contributed by atoms with Crippen LogP contribution in [0.15, 0.2) is 65.7 Å². The number of nitrogens with two attached hydrogens (primary N) is 1. The van der Waals surface area contributed by atoms with Gasteiger partial charge in [0.25, 0.3) is 15.9 Å². The molecule has 3 rings (SSSR count). The summed E-state index contributed by atoms with van der Waals surface area (Å²) in [5.74, 6) is -0.627. The van der Waals surface area contributed by atoms with Crippen LogP contribution in [0, 0.1) is 11.3 Å². The molecule has 0 atom stereocenters. The van der Waals surface area contributed by atoms with Crippen molar-refractivity contribution in [2.45, 2.75) is 4.90 Å². The van der Waals surface area contributed by atoms with Crippen LogP contribution in [0.4, 0.5) is 11.5 Å². The predicted molar refractivity (Wildman–Crippen MR) is 99.6 cm³/mol. The van der Waals surface area contributed by atoms with Gasteiger partial charge in [-0.3, -0.25) is 9.10 Å². The topological polar surface area (TPSA) is 122 Å². The number of nitrogens with zero attached hydrogens (tertiary/aromatic N) is 4. The van der Waals surface area contributed by atoms with Crippen molar-refractivity contribution < 1.29 is 13.2 Å². The van der Waals surface area contributed by atoms with Gasteiger partial charge in [-0.25, -0.2) is 8.42 Å². The van der Waals surface area contributed by atoms with Crippen LogP contribution in [-0.4, -0.2) is 31.2 Å². The first-order valence-electron chi connectivity index (χ1n) is 7.78. The van der Waals surface area contributed by atoms with Crippen LogP contribution in [0.1, 0.15) is 15.9 Å². The molecule has 2 N–H and O–H groups in total. The number of rotatable bonds is 4. The number of carbonyl (C=O) groups excluding carboxylic acids is 1. The molecule has 0 saturated carbocycles. The molecule has 0 aliphatic rings. The average molecular weight is 381 g/mol. The second-order valence-corrected chi connectivity index (χ2v) is 7.57. The van der Waals surface area contributed by atoms with Crippen LogP contribution >= 0.6 is 0 Å². The van der Waals surface area contributed by atoms with E-state index in [0.29, 0.717) is 5.69 Å². The molecule has 0 aliphatic heterocycles. The fourth-order valence-corrected chi connectivity index (χ4v) is 3.63. The van der Waals surface area contributed by atoms with Gasteiger partial charge in [-0.15, -0.1) is 0 Å². The number of para-hydroxylation sites is 1. The molecule has 8 nitrogen and oxygen atoms in total. The third-order valence-corrected chi connectivity index (χ3v) is 5.80. The van der Waals surface area contributed by atoms with Crippen molar-refractivity contribution >= 4 is 27.4 Å². The summed E-state index contributed by atoms with van der Waals surface area (Å²) >= 11 is 0. The van der Waals surface area contributed by atoms with Crippen LogP contribution in [-0.2, 0) is 10.0 Å². The van der Waals surface area contributed by atoms with Gasteiger partial charge in [0.15, 0.2) is 0 Å². The number of hydrogen-bond acceptors (Lipinski definition) is 6. The van der Waals surface area contributed by atoms with E-state index in [4.69, 9.17) is 11.0 Å². The van der Waals surface area contributed by atoms with E-state index in [1.54, 1.807) is 30.3 Å². The van der Waals surface area contributed by atoms with E-state index in [-0.39, 0.29) is 21.8 Å². The highest BCUT2D eigenvalue weighted by Gasteiger charge is 2.22. The number of hydrogen-bond donors (Lipinski definition) is 1. The van der Waals surface area contributed by atoms with Gasteiger partial charge in [-0.05, 0) is 36.4 Å². The number of anilines is 2. The number of aromatic nitrogens is 2. The van der Waals surface area contributed by atoms with Crippen molar-refractivity contribution in [2.75, 3.05) is 17.1 Å². The lowest BCUT2D eigenvalue weighted by atomic mass is 10.2. The molecule has 0 unspecified atom stereocenters. The lowest BCUT2D eigenvalue weighted by Crippen LogP contribution is -2.26. The maximum atomic E-state index is 12.7. The summed E-state index contributed by atoms with van der Waals surface area (Å²) in [5, 5.41) is 12.7. The average Bonchev–Trinajstić information content (AvgIpc) is 3.08. The van der Waals surface area contributed by atoms with E-state index in [1.807, 2.05) is 6.07 Å². The fraction of sp³-hybridized carbons (Fsp3) is 0.0556. The molecule has 27 heavy (non-hydrogen) atoms. The third-order valence-electron chi connectivity index (χ3n) is 4.00. The lowest BCUT2D eigenvalue weighted by Gasteiger charge is -2.19. The molecular weight excluding hydrogens is 366 g/mol. The maximum absolute atomic E-state index is 12.7. The minimum atomic E-state index is -3.78. The summed E-state index contributed by atoms with van der Waals surface area (Å²) in [4.78, 5) is 12.5. The molecule has 2 aromatic carbocycles. The Morgan fingerprint density at radius 3 is 2.33 bits per heavy atom.